The second-order valence-corrected chi connectivity index (χ2v) is 8.72. The summed E-state index contributed by atoms with van der Waals surface area (Å²) in [5.41, 5.74) is 5.00. The van der Waals surface area contributed by atoms with E-state index >= 15 is 0 Å². The van der Waals surface area contributed by atoms with E-state index in [9.17, 15) is 0 Å². The van der Waals surface area contributed by atoms with E-state index in [4.69, 9.17) is 0 Å². The molecule has 0 nitrogen and oxygen atoms in total. The highest BCUT2D eigenvalue weighted by molar-refractivity contribution is 9.10. The van der Waals surface area contributed by atoms with Gasteiger partial charge >= 0.3 is 0 Å². The van der Waals surface area contributed by atoms with Crippen molar-refractivity contribution < 1.29 is 0 Å². The van der Waals surface area contributed by atoms with Crippen LogP contribution in [0.3, 0.4) is 0 Å². The van der Waals surface area contributed by atoms with Crippen LogP contribution in [0.1, 0.15) is 0 Å². The molecule has 31 heavy (non-hydrogen) atoms. The first-order chi connectivity index (χ1) is 15.3. The third-order valence-electron chi connectivity index (χ3n) is 6.10. The zero-order valence-corrected chi connectivity index (χ0v) is 18.4. The van der Waals surface area contributed by atoms with E-state index in [1.807, 2.05) is 0 Å². The Labute approximate surface area is 189 Å². The summed E-state index contributed by atoms with van der Waals surface area (Å²) < 4.78 is 1.15. The first kappa shape index (κ1) is 18.4. The predicted octanol–water partition coefficient (Wildman–Crippen LogP) is 9.24. The van der Waals surface area contributed by atoms with E-state index in [1.165, 1.54) is 54.6 Å². The van der Waals surface area contributed by atoms with Crippen LogP contribution >= 0.6 is 15.9 Å². The highest BCUT2D eigenvalue weighted by Crippen LogP contribution is 2.43. The highest BCUT2D eigenvalue weighted by atomic mass is 79.9. The van der Waals surface area contributed by atoms with E-state index in [0.717, 1.165) is 4.47 Å². The average Bonchev–Trinajstić information content (AvgIpc) is 2.84. The Bertz CT molecular complexity index is 1580. The zero-order chi connectivity index (χ0) is 20.8. The molecule has 0 bridgehead atoms. The summed E-state index contributed by atoms with van der Waals surface area (Å²) in [6, 6.07) is 41.4. The molecule has 0 N–H and O–H groups in total. The number of hydrogen-bond acceptors (Lipinski definition) is 0. The summed E-state index contributed by atoms with van der Waals surface area (Å²) in [5, 5.41) is 7.54. The molecule has 1 heteroatoms. The van der Waals surface area contributed by atoms with Crippen LogP contribution in [0.2, 0.25) is 0 Å². The average molecular weight is 459 g/mol. The smallest absolute Gasteiger partial charge is 0.0332 e. The Kier molecular flexibility index (Phi) is 4.36. The number of hydrogen-bond donors (Lipinski definition) is 0. The summed E-state index contributed by atoms with van der Waals surface area (Å²) in [4.78, 5) is 0. The van der Waals surface area contributed by atoms with Gasteiger partial charge < -0.3 is 0 Å². The molecule has 0 unspecified atom stereocenters. The Hall–Kier alpha value is -3.42. The third kappa shape index (κ3) is 3.05. The van der Waals surface area contributed by atoms with E-state index < -0.39 is 0 Å². The van der Waals surface area contributed by atoms with Crippen molar-refractivity contribution in [3.63, 3.8) is 0 Å². The van der Waals surface area contributed by atoms with E-state index in [-0.39, 0.29) is 0 Å². The van der Waals surface area contributed by atoms with Gasteiger partial charge in [0.05, 0.1) is 0 Å². The molecule has 0 aliphatic rings. The number of fused-ring (bicyclic) bond motifs is 3. The monoisotopic (exact) mass is 458 g/mol. The fourth-order valence-electron chi connectivity index (χ4n) is 4.59. The molecule has 0 saturated heterocycles. The van der Waals surface area contributed by atoms with Crippen molar-refractivity contribution in [2.75, 3.05) is 0 Å². The topological polar surface area (TPSA) is 0 Å². The van der Waals surface area contributed by atoms with Gasteiger partial charge in [0.15, 0.2) is 0 Å². The molecule has 0 atom stereocenters. The lowest BCUT2D eigenvalue weighted by atomic mass is 9.89. The van der Waals surface area contributed by atoms with Crippen LogP contribution in [-0.2, 0) is 0 Å². The van der Waals surface area contributed by atoms with Crippen molar-refractivity contribution >= 4 is 48.2 Å². The van der Waals surface area contributed by atoms with Gasteiger partial charge in [0.25, 0.3) is 0 Å². The largest absolute Gasteiger partial charge is 0.0622 e. The van der Waals surface area contributed by atoms with Crippen molar-refractivity contribution in [2.45, 2.75) is 0 Å². The molecule has 0 heterocycles. The molecule has 0 spiro atoms. The van der Waals surface area contributed by atoms with Gasteiger partial charge in [-0.05, 0) is 82.6 Å². The predicted molar refractivity (Wildman–Crippen MR) is 138 cm³/mol. The Morgan fingerprint density at radius 3 is 1.87 bits per heavy atom. The van der Waals surface area contributed by atoms with Crippen LogP contribution in [0.25, 0.3) is 54.6 Å². The van der Waals surface area contributed by atoms with Gasteiger partial charge in [0.1, 0.15) is 0 Å². The normalized spacial score (nSPS) is 11.4. The maximum Gasteiger partial charge on any atom is 0.0332 e. The van der Waals surface area contributed by atoms with Gasteiger partial charge in [-0.1, -0.05) is 103 Å². The number of halogens is 1. The highest BCUT2D eigenvalue weighted by Gasteiger charge is 2.15. The number of rotatable bonds is 2. The van der Waals surface area contributed by atoms with Gasteiger partial charge in [0.2, 0.25) is 0 Å². The third-order valence-corrected chi connectivity index (χ3v) is 6.96. The molecule has 0 radical (unpaired) electrons. The first-order valence-corrected chi connectivity index (χ1v) is 11.3. The van der Waals surface area contributed by atoms with Crippen LogP contribution in [0, 0.1) is 0 Å². The van der Waals surface area contributed by atoms with Crippen molar-refractivity contribution in [1.29, 1.82) is 0 Å². The summed E-state index contributed by atoms with van der Waals surface area (Å²) in [6.45, 7) is 0. The van der Waals surface area contributed by atoms with Gasteiger partial charge in [-0.2, -0.15) is 0 Å². The summed E-state index contributed by atoms with van der Waals surface area (Å²) in [5.74, 6) is 0. The lowest BCUT2D eigenvalue weighted by Crippen LogP contribution is -1.89. The second-order valence-electron chi connectivity index (χ2n) is 7.92. The minimum Gasteiger partial charge on any atom is -0.0622 e. The Morgan fingerprint density at radius 1 is 0.387 bits per heavy atom. The fraction of sp³-hybridized carbons (Fsp3) is 0. The lowest BCUT2D eigenvalue weighted by Gasteiger charge is -2.16. The summed E-state index contributed by atoms with van der Waals surface area (Å²) >= 11 is 3.94. The molecular weight excluding hydrogens is 440 g/mol. The lowest BCUT2D eigenvalue weighted by molar-refractivity contribution is 1.64. The minimum atomic E-state index is 1.15. The molecule has 0 fully saturated rings. The maximum absolute atomic E-state index is 3.94. The van der Waals surface area contributed by atoms with E-state index in [1.54, 1.807) is 0 Å². The van der Waals surface area contributed by atoms with Crippen LogP contribution in [0.4, 0.5) is 0 Å². The molecule has 0 aliphatic carbocycles. The Morgan fingerprint density at radius 2 is 1.03 bits per heavy atom. The van der Waals surface area contributed by atoms with Crippen LogP contribution < -0.4 is 0 Å². The maximum atomic E-state index is 3.94. The van der Waals surface area contributed by atoms with E-state index in [2.05, 4.69) is 131 Å². The van der Waals surface area contributed by atoms with Crippen molar-refractivity contribution in [3.05, 3.63) is 120 Å². The molecule has 6 aromatic carbocycles. The van der Waals surface area contributed by atoms with Crippen LogP contribution in [0.5, 0.6) is 0 Å². The molecular formula is C30H19Br. The van der Waals surface area contributed by atoms with Crippen molar-refractivity contribution in [2.24, 2.45) is 0 Å². The number of benzene rings is 6. The summed E-state index contributed by atoms with van der Waals surface area (Å²) in [7, 11) is 0. The fourth-order valence-corrected chi connectivity index (χ4v) is 5.27. The van der Waals surface area contributed by atoms with Crippen molar-refractivity contribution in [1.82, 2.24) is 0 Å². The quantitative estimate of drug-likeness (QED) is 0.226. The second kappa shape index (κ2) is 7.37. The van der Waals surface area contributed by atoms with Crippen LogP contribution in [-0.4, -0.2) is 0 Å². The molecule has 0 amide bonds. The van der Waals surface area contributed by atoms with Crippen LogP contribution in [0.15, 0.2) is 120 Å². The molecule has 0 aromatic heterocycles. The van der Waals surface area contributed by atoms with Gasteiger partial charge in [-0.25, -0.2) is 0 Å². The zero-order valence-electron chi connectivity index (χ0n) is 16.8. The first-order valence-electron chi connectivity index (χ1n) is 10.5. The van der Waals surface area contributed by atoms with Crippen molar-refractivity contribution in [3.8, 4) is 22.3 Å². The Balaban J connectivity index is 1.71. The molecule has 6 aromatic rings. The minimum absolute atomic E-state index is 1.15. The molecule has 146 valence electrons. The van der Waals surface area contributed by atoms with Gasteiger partial charge in [-0.3, -0.25) is 0 Å². The molecule has 0 aliphatic heterocycles. The SMILES string of the molecule is Brc1c2ccccc2c(-c2ccc3ccccc3c2)c2ccc(-c3ccccc3)cc12. The standard InChI is InChI=1S/C30H19Br/c31-30-27-13-7-6-12-25(27)29(24-15-14-21-10-4-5-11-22(21)18-24)26-17-16-23(19-28(26)30)20-8-2-1-3-9-20/h1-19H. The molecule has 6 rings (SSSR count). The van der Waals surface area contributed by atoms with Gasteiger partial charge in [-0.15, -0.1) is 0 Å². The van der Waals surface area contributed by atoms with Gasteiger partial charge in [0, 0.05) is 4.47 Å². The summed E-state index contributed by atoms with van der Waals surface area (Å²) in [6.07, 6.45) is 0. The molecule has 0 saturated carbocycles. The van der Waals surface area contributed by atoms with E-state index in [0.29, 0.717) is 0 Å².